The molecule has 7 nitrogen and oxygen atoms in total. The topological polar surface area (TPSA) is 110 Å². The largest absolute Gasteiger partial charge is 0.467 e. The lowest BCUT2D eigenvalue weighted by Gasteiger charge is -2.16. The minimum Gasteiger partial charge on any atom is -0.467 e. The molecule has 0 amide bonds. The normalized spacial score (nSPS) is 13.8. The maximum absolute atomic E-state index is 11.1. The van der Waals surface area contributed by atoms with Crippen LogP contribution in [0.25, 0.3) is 0 Å². The van der Waals surface area contributed by atoms with Crippen molar-refractivity contribution in [2.45, 2.75) is 12.2 Å². The Labute approximate surface area is 110 Å². The number of aliphatic hydroxyl groups is 2. The predicted molar refractivity (Wildman–Crippen MR) is 63.8 cm³/mol. The molecule has 98 valence electrons. The number of nitro groups is 1. The first-order valence-corrected chi connectivity index (χ1v) is 5.55. The Morgan fingerprint density at radius 3 is 2.61 bits per heavy atom. The van der Waals surface area contributed by atoms with E-state index in [2.05, 4.69) is 20.7 Å². The summed E-state index contributed by atoms with van der Waals surface area (Å²) in [4.78, 5) is 21.2. The van der Waals surface area contributed by atoms with Crippen molar-refractivity contribution in [3.63, 3.8) is 0 Å². The van der Waals surface area contributed by atoms with Crippen LogP contribution in [0.1, 0.15) is 11.7 Å². The van der Waals surface area contributed by atoms with Gasteiger partial charge in [-0.1, -0.05) is 15.9 Å². The Morgan fingerprint density at radius 2 is 2.11 bits per heavy atom. The van der Waals surface area contributed by atoms with Gasteiger partial charge in [0.2, 0.25) is 0 Å². The van der Waals surface area contributed by atoms with Crippen LogP contribution in [0.3, 0.4) is 0 Å². The standard InChI is InChI=1S/C10H10BrNO6/c1-18-10(15)9(14)8(13)6-3-2-5(11)4-7(6)12(16)17/h2-4,8-9,13-14H,1H3. The fourth-order valence-electron chi connectivity index (χ4n) is 1.34. The van der Waals surface area contributed by atoms with Gasteiger partial charge in [0.15, 0.2) is 6.10 Å². The molecule has 2 N–H and O–H groups in total. The van der Waals surface area contributed by atoms with Crippen LogP contribution in [0.15, 0.2) is 22.7 Å². The van der Waals surface area contributed by atoms with Crippen LogP contribution in [0.2, 0.25) is 0 Å². The number of rotatable bonds is 4. The quantitative estimate of drug-likeness (QED) is 0.485. The Morgan fingerprint density at radius 1 is 1.50 bits per heavy atom. The van der Waals surface area contributed by atoms with Crippen LogP contribution >= 0.6 is 15.9 Å². The fourth-order valence-corrected chi connectivity index (χ4v) is 1.69. The second-order valence-corrected chi connectivity index (χ2v) is 4.29. The molecule has 0 aliphatic rings. The van der Waals surface area contributed by atoms with Gasteiger partial charge in [0.25, 0.3) is 5.69 Å². The summed E-state index contributed by atoms with van der Waals surface area (Å²) in [6.45, 7) is 0. The number of halogens is 1. The van der Waals surface area contributed by atoms with Crippen LogP contribution in [0.4, 0.5) is 5.69 Å². The molecule has 1 rings (SSSR count). The van der Waals surface area contributed by atoms with E-state index in [-0.39, 0.29) is 5.56 Å². The molecule has 0 heterocycles. The van der Waals surface area contributed by atoms with Crippen molar-refractivity contribution in [2.24, 2.45) is 0 Å². The molecule has 0 radical (unpaired) electrons. The van der Waals surface area contributed by atoms with Crippen LogP contribution in [-0.4, -0.2) is 34.3 Å². The summed E-state index contributed by atoms with van der Waals surface area (Å²) in [7, 11) is 1.04. The molecule has 8 heteroatoms. The molecule has 0 aliphatic carbocycles. The molecule has 0 saturated carbocycles. The summed E-state index contributed by atoms with van der Waals surface area (Å²) in [5, 5.41) is 30.0. The number of carbonyl (C=O) groups excluding carboxylic acids is 1. The smallest absolute Gasteiger partial charge is 0.337 e. The van der Waals surface area contributed by atoms with E-state index in [1.807, 2.05) is 0 Å². The van der Waals surface area contributed by atoms with Gasteiger partial charge in [-0.25, -0.2) is 4.79 Å². The minimum absolute atomic E-state index is 0.166. The maximum atomic E-state index is 11.1. The van der Waals surface area contributed by atoms with E-state index in [1.54, 1.807) is 0 Å². The van der Waals surface area contributed by atoms with E-state index in [1.165, 1.54) is 18.2 Å². The van der Waals surface area contributed by atoms with Crippen molar-refractivity contribution >= 4 is 27.6 Å². The average molecular weight is 320 g/mol. The lowest BCUT2D eigenvalue weighted by molar-refractivity contribution is -0.386. The molecular formula is C10H10BrNO6. The van der Waals surface area contributed by atoms with Gasteiger partial charge in [-0.3, -0.25) is 10.1 Å². The number of nitrogens with zero attached hydrogens (tertiary/aromatic N) is 1. The van der Waals surface area contributed by atoms with Crippen LogP contribution in [0.5, 0.6) is 0 Å². The molecule has 0 spiro atoms. The first kappa shape index (κ1) is 14.6. The van der Waals surface area contributed by atoms with Gasteiger partial charge >= 0.3 is 5.97 Å². The molecule has 0 bridgehead atoms. The molecule has 18 heavy (non-hydrogen) atoms. The van der Waals surface area contributed by atoms with Crippen LogP contribution in [-0.2, 0) is 9.53 Å². The highest BCUT2D eigenvalue weighted by Gasteiger charge is 2.31. The van der Waals surface area contributed by atoms with Gasteiger partial charge < -0.3 is 14.9 Å². The molecule has 1 aromatic rings. The monoisotopic (exact) mass is 319 g/mol. The number of ether oxygens (including phenoxy) is 1. The molecule has 0 aromatic heterocycles. The second kappa shape index (κ2) is 5.89. The number of methoxy groups -OCH3 is 1. The molecule has 1 aromatic carbocycles. The Kier molecular flexibility index (Phi) is 4.76. The van der Waals surface area contributed by atoms with Crippen molar-refractivity contribution in [2.75, 3.05) is 7.11 Å². The number of aliphatic hydroxyl groups excluding tert-OH is 2. The lowest BCUT2D eigenvalue weighted by Crippen LogP contribution is -2.29. The summed E-state index contributed by atoms with van der Waals surface area (Å²) in [5.74, 6) is -1.07. The number of carbonyl (C=O) groups is 1. The van der Waals surface area contributed by atoms with E-state index in [0.29, 0.717) is 4.47 Å². The summed E-state index contributed by atoms with van der Waals surface area (Å²) in [5.41, 5.74) is -0.569. The fraction of sp³-hybridized carbons (Fsp3) is 0.300. The highest BCUT2D eigenvalue weighted by atomic mass is 79.9. The van der Waals surface area contributed by atoms with Gasteiger partial charge in [0.05, 0.1) is 17.6 Å². The Balaban J connectivity index is 3.16. The lowest BCUT2D eigenvalue weighted by atomic mass is 10.0. The van der Waals surface area contributed by atoms with E-state index < -0.39 is 28.8 Å². The van der Waals surface area contributed by atoms with Crippen molar-refractivity contribution in [3.8, 4) is 0 Å². The molecular weight excluding hydrogens is 310 g/mol. The highest BCUT2D eigenvalue weighted by molar-refractivity contribution is 9.10. The van der Waals surface area contributed by atoms with Gasteiger partial charge in [-0.05, 0) is 12.1 Å². The summed E-state index contributed by atoms with van der Waals surface area (Å²) >= 11 is 3.05. The zero-order valence-electron chi connectivity index (χ0n) is 9.24. The molecule has 0 saturated heterocycles. The summed E-state index contributed by atoms with van der Waals surface area (Å²) < 4.78 is 4.69. The molecule has 2 atom stereocenters. The van der Waals surface area contributed by atoms with Gasteiger partial charge in [0, 0.05) is 10.5 Å². The first-order chi connectivity index (χ1) is 8.38. The number of hydrogen-bond acceptors (Lipinski definition) is 6. The van der Waals surface area contributed by atoms with Gasteiger partial charge in [-0.15, -0.1) is 0 Å². The SMILES string of the molecule is COC(=O)C(O)C(O)c1ccc(Br)cc1[N+](=O)[O-]. The van der Waals surface area contributed by atoms with Crippen molar-refractivity contribution in [1.29, 1.82) is 0 Å². The zero-order chi connectivity index (χ0) is 13.9. The third-order valence-electron chi connectivity index (χ3n) is 2.25. The third kappa shape index (κ3) is 3.03. The van der Waals surface area contributed by atoms with Crippen molar-refractivity contribution in [1.82, 2.24) is 0 Å². The number of benzene rings is 1. The van der Waals surface area contributed by atoms with Gasteiger partial charge in [-0.2, -0.15) is 0 Å². The number of hydrogen-bond donors (Lipinski definition) is 2. The summed E-state index contributed by atoms with van der Waals surface area (Å²) in [6, 6.07) is 3.87. The van der Waals surface area contributed by atoms with Crippen LogP contribution < -0.4 is 0 Å². The van der Waals surface area contributed by atoms with E-state index in [4.69, 9.17) is 0 Å². The molecule has 0 fully saturated rings. The molecule has 0 aliphatic heterocycles. The highest BCUT2D eigenvalue weighted by Crippen LogP contribution is 2.30. The van der Waals surface area contributed by atoms with E-state index in [9.17, 15) is 25.1 Å². The Hall–Kier alpha value is -1.51. The van der Waals surface area contributed by atoms with Crippen LogP contribution in [0, 0.1) is 10.1 Å². The first-order valence-electron chi connectivity index (χ1n) is 4.76. The van der Waals surface area contributed by atoms with E-state index in [0.717, 1.165) is 7.11 Å². The summed E-state index contributed by atoms with van der Waals surface area (Å²) in [6.07, 6.45) is -3.61. The van der Waals surface area contributed by atoms with Gasteiger partial charge in [0.1, 0.15) is 6.10 Å². The van der Waals surface area contributed by atoms with Crippen molar-refractivity contribution < 1.29 is 24.7 Å². The second-order valence-electron chi connectivity index (χ2n) is 3.37. The minimum atomic E-state index is -1.88. The number of nitro benzene ring substituents is 1. The Bertz CT molecular complexity index is 477. The van der Waals surface area contributed by atoms with E-state index >= 15 is 0 Å². The maximum Gasteiger partial charge on any atom is 0.337 e. The third-order valence-corrected chi connectivity index (χ3v) is 2.74. The zero-order valence-corrected chi connectivity index (χ0v) is 10.8. The van der Waals surface area contributed by atoms with Crippen molar-refractivity contribution in [3.05, 3.63) is 38.3 Å². The number of esters is 1. The average Bonchev–Trinajstić information content (AvgIpc) is 2.35. The predicted octanol–water partition coefficient (Wildman–Crippen LogP) is 0.925. The molecule has 2 unspecified atom stereocenters.